The summed E-state index contributed by atoms with van der Waals surface area (Å²) in [5.41, 5.74) is 1.06. The highest BCUT2D eigenvalue weighted by Gasteiger charge is 2.36. The molecular weight excluding hydrogens is 403 g/mol. The van der Waals surface area contributed by atoms with Gasteiger partial charge in [0.2, 0.25) is 12.4 Å². The first-order chi connectivity index (χ1) is 14.9. The molecule has 0 unspecified atom stereocenters. The van der Waals surface area contributed by atoms with Gasteiger partial charge in [-0.1, -0.05) is 12.1 Å². The van der Waals surface area contributed by atoms with Gasteiger partial charge in [0.1, 0.15) is 11.6 Å². The van der Waals surface area contributed by atoms with Gasteiger partial charge < -0.3 is 18.9 Å². The summed E-state index contributed by atoms with van der Waals surface area (Å²) >= 11 is 0. The monoisotopic (exact) mass is 433 g/mol. The zero-order valence-corrected chi connectivity index (χ0v) is 18.5. The normalized spacial score (nSPS) is 15.9. The molecule has 0 spiro atoms. The van der Waals surface area contributed by atoms with Gasteiger partial charge in [-0.2, -0.15) is 0 Å². The van der Waals surface area contributed by atoms with Gasteiger partial charge in [-0.3, -0.25) is 9.38 Å². The van der Waals surface area contributed by atoms with E-state index in [1.54, 1.807) is 24.3 Å². The van der Waals surface area contributed by atoms with Gasteiger partial charge in [-0.15, -0.1) is 0 Å². The van der Waals surface area contributed by atoms with Crippen LogP contribution in [0.2, 0.25) is 0 Å². The number of benzene rings is 2. The molecule has 0 aromatic heterocycles. The average molecular weight is 434 g/mol. The summed E-state index contributed by atoms with van der Waals surface area (Å²) in [6.45, 7) is 3.65. The van der Waals surface area contributed by atoms with Crippen molar-refractivity contribution >= 4 is 5.91 Å². The van der Waals surface area contributed by atoms with Gasteiger partial charge in [-0.25, -0.2) is 9.18 Å². The standard InChI is InChI=1S/C23H30FN2O5/c1-26(11-9-25(10-12-26)15-17-5-7-18(24)8-6-17)22(27)16-31-19-13-20(28-2)23(30-4)21(14-19)29-3/h5-8,13-14H,9-12,15-16H2,1-4H3/q+1. The number of methoxy groups -OCH3 is 3. The van der Waals surface area contributed by atoms with Crippen molar-refractivity contribution < 1.29 is 32.6 Å². The average Bonchev–Trinajstić information content (AvgIpc) is 2.79. The van der Waals surface area contributed by atoms with Crippen LogP contribution < -0.4 is 18.9 Å². The molecule has 0 bridgehead atoms. The number of amides is 1. The van der Waals surface area contributed by atoms with Gasteiger partial charge in [0.05, 0.1) is 41.5 Å². The number of ether oxygens (including phenoxy) is 4. The number of piperazine rings is 1. The molecule has 0 aliphatic carbocycles. The van der Waals surface area contributed by atoms with Crippen molar-refractivity contribution in [2.45, 2.75) is 6.54 Å². The molecule has 7 nitrogen and oxygen atoms in total. The molecule has 1 aliphatic rings. The Bertz CT molecular complexity index is 870. The fourth-order valence-corrected chi connectivity index (χ4v) is 3.64. The van der Waals surface area contributed by atoms with E-state index in [1.165, 1.54) is 33.5 Å². The summed E-state index contributed by atoms with van der Waals surface area (Å²) in [4.78, 5) is 15.2. The van der Waals surface area contributed by atoms with Crippen molar-refractivity contribution in [1.29, 1.82) is 0 Å². The van der Waals surface area contributed by atoms with Crippen molar-refractivity contribution in [3.8, 4) is 23.0 Å². The number of nitrogens with zero attached hydrogens (tertiary/aromatic N) is 2. The summed E-state index contributed by atoms with van der Waals surface area (Å²) in [5.74, 6) is 1.67. The summed E-state index contributed by atoms with van der Waals surface area (Å²) in [5, 5.41) is 0. The maximum Gasteiger partial charge on any atom is 0.351 e. The third-order valence-electron chi connectivity index (χ3n) is 5.74. The molecule has 1 aliphatic heterocycles. The van der Waals surface area contributed by atoms with Crippen molar-refractivity contribution in [3.63, 3.8) is 0 Å². The SMILES string of the molecule is COc1cc(OCC(=O)[N+]2(C)CCN(Cc3ccc(F)cc3)CC2)cc(OC)c1OC. The number of hydrogen-bond donors (Lipinski definition) is 0. The number of halogens is 1. The molecule has 2 aromatic carbocycles. The van der Waals surface area contributed by atoms with Crippen LogP contribution in [0.1, 0.15) is 5.56 Å². The maximum absolute atomic E-state index is 13.1. The Hall–Kier alpha value is -2.84. The van der Waals surface area contributed by atoms with E-state index < -0.39 is 0 Å². The molecule has 8 heteroatoms. The number of likely N-dealkylation sites (N-methyl/N-ethyl adjacent to an activating group) is 1. The topological polar surface area (TPSA) is 57.2 Å². The van der Waals surface area contributed by atoms with E-state index in [-0.39, 0.29) is 18.3 Å². The van der Waals surface area contributed by atoms with E-state index in [9.17, 15) is 9.18 Å². The first-order valence-corrected chi connectivity index (χ1v) is 10.2. The van der Waals surface area contributed by atoms with E-state index >= 15 is 0 Å². The maximum atomic E-state index is 13.1. The summed E-state index contributed by atoms with van der Waals surface area (Å²) in [6, 6.07) is 9.90. The van der Waals surface area contributed by atoms with Crippen molar-refractivity contribution in [2.75, 3.05) is 61.2 Å². The second-order valence-electron chi connectivity index (χ2n) is 7.79. The van der Waals surface area contributed by atoms with Crippen molar-refractivity contribution in [2.24, 2.45) is 0 Å². The van der Waals surface area contributed by atoms with Gasteiger partial charge >= 0.3 is 5.91 Å². The minimum Gasteiger partial charge on any atom is -0.493 e. The van der Waals surface area contributed by atoms with Gasteiger partial charge in [0, 0.05) is 31.8 Å². The largest absolute Gasteiger partial charge is 0.493 e. The number of carbonyl (C=O) groups excluding carboxylic acids is 1. The summed E-state index contributed by atoms with van der Waals surface area (Å²) < 4.78 is 35.1. The molecule has 0 saturated carbocycles. The number of hydrogen-bond acceptors (Lipinski definition) is 6. The Kier molecular flexibility index (Phi) is 7.35. The minimum atomic E-state index is -0.232. The molecule has 1 fully saturated rings. The van der Waals surface area contributed by atoms with Crippen LogP contribution >= 0.6 is 0 Å². The number of carbonyl (C=O) groups is 1. The molecule has 1 amide bonds. The van der Waals surface area contributed by atoms with E-state index in [0.29, 0.717) is 40.6 Å². The summed E-state index contributed by atoms with van der Waals surface area (Å²) in [7, 11) is 6.54. The third-order valence-corrected chi connectivity index (χ3v) is 5.74. The highest BCUT2D eigenvalue weighted by molar-refractivity contribution is 5.71. The van der Waals surface area contributed by atoms with E-state index in [0.717, 1.165) is 25.2 Å². The Morgan fingerprint density at radius 3 is 2.10 bits per heavy atom. The zero-order valence-electron chi connectivity index (χ0n) is 18.5. The van der Waals surface area contributed by atoms with Crippen LogP contribution in [-0.2, 0) is 11.3 Å². The lowest BCUT2D eigenvalue weighted by Gasteiger charge is -2.39. The molecule has 168 valence electrons. The molecule has 2 aromatic rings. The van der Waals surface area contributed by atoms with Gasteiger partial charge in [0.25, 0.3) is 0 Å². The van der Waals surface area contributed by atoms with Crippen molar-refractivity contribution in [3.05, 3.63) is 47.8 Å². The number of rotatable bonds is 8. The molecule has 31 heavy (non-hydrogen) atoms. The molecule has 0 atom stereocenters. The predicted octanol–water partition coefficient (Wildman–Crippen LogP) is 2.72. The fourth-order valence-electron chi connectivity index (χ4n) is 3.64. The van der Waals surface area contributed by atoms with Gasteiger partial charge in [0.15, 0.2) is 11.5 Å². The Labute approximate surface area is 182 Å². The molecule has 1 heterocycles. The van der Waals surface area contributed by atoms with E-state index in [2.05, 4.69) is 4.90 Å². The van der Waals surface area contributed by atoms with Crippen LogP contribution in [0.4, 0.5) is 4.39 Å². The van der Waals surface area contributed by atoms with Crippen LogP contribution in [0.15, 0.2) is 36.4 Å². The van der Waals surface area contributed by atoms with Crippen LogP contribution in [0.3, 0.4) is 0 Å². The molecule has 3 rings (SSSR count). The Balaban J connectivity index is 1.57. The lowest BCUT2D eigenvalue weighted by molar-refractivity contribution is -0.840. The fraction of sp³-hybridized carbons (Fsp3) is 0.435. The highest BCUT2D eigenvalue weighted by atomic mass is 19.1. The zero-order chi connectivity index (χ0) is 22.4. The lowest BCUT2D eigenvalue weighted by atomic mass is 10.2. The Morgan fingerprint density at radius 1 is 1.00 bits per heavy atom. The second-order valence-corrected chi connectivity index (χ2v) is 7.79. The highest BCUT2D eigenvalue weighted by Crippen LogP contribution is 2.40. The first-order valence-electron chi connectivity index (χ1n) is 10.2. The minimum absolute atomic E-state index is 0.00943. The first kappa shape index (κ1) is 22.8. The number of quaternary nitrogens is 1. The molecular formula is C23H30FN2O5+. The quantitative estimate of drug-likeness (QED) is 0.597. The van der Waals surface area contributed by atoms with Crippen LogP contribution in [0, 0.1) is 5.82 Å². The van der Waals surface area contributed by atoms with Gasteiger partial charge in [-0.05, 0) is 17.7 Å². The molecule has 0 radical (unpaired) electrons. The third kappa shape index (κ3) is 5.45. The molecule has 1 saturated heterocycles. The smallest absolute Gasteiger partial charge is 0.351 e. The summed E-state index contributed by atoms with van der Waals surface area (Å²) in [6.07, 6.45) is 0. The Morgan fingerprint density at radius 2 is 1.58 bits per heavy atom. The second kappa shape index (κ2) is 9.98. The van der Waals surface area contributed by atoms with Crippen molar-refractivity contribution in [1.82, 2.24) is 4.90 Å². The van der Waals surface area contributed by atoms with E-state index in [1.807, 2.05) is 7.05 Å². The molecule has 0 N–H and O–H groups in total. The van der Waals surface area contributed by atoms with E-state index in [4.69, 9.17) is 18.9 Å². The predicted molar refractivity (Wildman–Crippen MR) is 114 cm³/mol. The van der Waals surface area contributed by atoms with Crippen LogP contribution in [0.25, 0.3) is 0 Å². The van der Waals surface area contributed by atoms with Crippen LogP contribution in [-0.4, -0.2) is 76.5 Å². The lowest BCUT2D eigenvalue weighted by Crippen LogP contribution is -2.61. The van der Waals surface area contributed by atoms with Crippen LogP contribution in [0.5, 0.6) is 23.0 Å².